The lowest BCUT2D eigenvalue weighted by Gasteiger charge is -2.19. The highest BCUT2D eigenvalue weighted by Crippen LogP contribution is 2.31. The maximum absolute atomic E-state index is 13.8. The molecule has 106 valence electrons. The standard InChI is InChI=1S/C16H17ClFNO/c1-3-20-16-9-8-12(17)10-15(16)19-11(2)13-6-4-5-7-14(13)18/h4-11,19H,3H2,1-2H3. The fourth-order valence-corrected chi connectivity index (χ4v) is 2.21. The normalized spacial score (nSPS) is 12.0. The Labute approximate surface area is 123 Å². The van der Waals surface area contributed by atoms with Crippen molar-refractivity contribution in [1.29, 1.82) is 0 Å². The predicted molar refractivity (Wildman–Crippen MR) is 81.1 cm³/mol. The largest absolute Gasteiger partial charge is 0.492 e. The molecule has 1 atom stereocenters. The van der Waals surface area contributed by atoms with Crippen molar-refractivity contribution in [3.05, 3.63) is 58.9 Å². The molecule has 0 spiro atoms. The molecule has 0 saturated carbocycles. The maximum atomic E-state index is 13.8. The van der Waals surface area contributed by atoms with Crippen LogP contribution in [0.5, 0.6) is 5.75 Å². The molecule has 20 heavy (non-hydrogen) atoms. The molecule has 0 aliphatic rings. The smallest absolute Gasteiger partial charge is 0.142 e. The summed E-state index contributed by atoms with van der Waals surface area (Å²) in [6, 6.07) is 11.9. The summed E-state index contributed by atoms with van der Waals surface area (Å²) in [6.07, 6.45) is 0. The fraction of sp³-hybridized carbons (Fsp3) is 0.250. The summed E-state index contributed by atoms with van der Waals surface area (Å²) < 4.78 is 19.3. The predicted octanol–water partition coefficient (Wildman–Crippen LogP) is 5.05. The molecular formula is C16H17ClFNO. The van der Waals surface area contributed by atoms with Gasteiger partial charge in [0, 0.05) is 10.6 Å². The van der Waals surface area contributed by atoms with Gasteiger partial charge in [0.15, 0.2) is 0 Å². The highest BCUT2D eigenvalue weighted by atomic mass is 35.5. The van der Waals surface area contributed by atoms with E-state index in [1.807, 2.05) is 26.0 Å². The molecule has 1 unspecified atom stereocenters. The van der Waals surface area contributed by atoms with Gasteiger partial charge in [0.2, 0.25) is 0 Å². The number of halogens is 2. The van der Waals surface area contributed by atoms with Crippen LogP contribution in [0.3, 0.4) is 0 Å². The summed E-state index contributed by atoms with van der Waals surface area (Å²) in [7, 11) is 0. The molecule has 0 fully saturated rings. The minimum Gasteiger partial charge on any atom is -0.492 e. The van der Waals surface area contributed by atoms with Gasteiger partial charge < -0.3 is 10.1 Å². The molecule has 0 radical (unpaired) electrons. The van der Waals surface area contributed by atoms with Crippen LogP contribution in [0.25, 0.3) is 0 Å². The fourth-order valence-electron chi connectivity index (χ4n) is 2.03. The van der Waals surface area contributed by atoms with E-state index in [4.69, 9.17) is 16.3 Å². The molecule has 2 rings (SSSR count). The highest BCUT2D eigenvalue weighted by Gasteiger charge is 2.13. The first kappa shape index (κ1) is 14.7. The van der Waals surface area contributed by atoms with Gasteiger partial charge in [-0.25, -0.2) is 4.39 Å². The topological polar surface area (TPSA) is 21.3 Å². The van der Waals surface area contributed by atoms with E-state index in [-0.39, 0.29) is 11.9 Å². The maximum Gasteiger partial charge on any atom is 0.142 e. The van der Waals surface area contributed by atoms with E-state index in [2.05, 4.69) is 5.32 Å². The molecule has 1 N–H and O–H groups in total. The van der Waals surface area contributed by atoms with Crippen LogP contribution in [0.1, 0.15) is 25.5 Å². The third-order valence-corrected chi connectivity index (χ3v) is 3.22. The lowest BCUT2D eigenvalue weighted by molar-refractivity contribution is 0.341. The van der Waals surface area contributed by atoms with E-state index in [0.29, 0.717) is 22.9 Å². The van der Waals surface area contributed by atoms with E-state index < -0.39 is 0 Å². The van der Waals surface area contributed by atoms with E-state index in [0.717, 1.165) is 5.69 Å². The lowest BCUT2D eigenvalue weighted by Crippen LogP contribution is -2.09. The molecule has 0 bridgehead atoms. The SMILES string of the molecule is CCOc1ccc(Cl)cc1NC(C)c1ccccc1F. The third kappa shape index (κ3) is 3.42. The molecule has 0 saturated heterocycles. The third-order valence-electron chi connectivity index (χ3n) is 2.99. The summed E-state index contributed by atoms with van der Waals surface area (Å²) in [5.41, 5.74) is 1.37. The van der Waals surface area contributed by atoms with Gasteiger partial charge in [-0.2, -0.15) is 0 Å². The average Bonchev–Trinajstić information content (AvgIpc) is 2.42. The van der Waals surface area contributed by atoms with Crippen LogP contribution in [-0.2, 0) is 0 Å². The van der Waals surface area contributed by atoms with Gasteiger partial charge >= 0.3 is 0 Å². The number of rotatable bonds is 5. The molecule has 0 aromatic heterocycles. The van der Waals surface area contributed by atoms with E-state index >= 15 is 0 Å². The number of ether oxygens (including phenoxy) is 1. The molecule has 0 heterocycles. The Morgan fingerprint density at radius 1 is 1.25 bits per heavy atom. The van der Waals surface area contributed by atoms with E-state index in [9.17, 15) is 4.39 Å². The Balaban J connectivity index is 2.25. The first-order valence-electron chi connectivity index (χ1n) is 6.55. The van der Waals surface area contributed by atoms with Gasteiger partial charge in [0.1, 0.15) is 11.6 Å². The number of nitrogens with one attached hydrogen (secondary N) is 1. The van der Waals surface area contributed by atoms with Crippen molar-refractivity contribution in [2.75, 3.05) is 11.9 Å². The van der Waals surface area contributed by atoms with E-state index in [1.165, 1.54) is 6.07 Å². The van der Waals surface area contributed by atoms with Crippen molar-refractivity contribution >= 4 is 17.3 Å². The Morgan fingerprint density at radius 3 is 2.70 bits per heavy atom. The molecule has 0 aliphatic carbocycles. The summed E-state index contributed by atoms with van der Waals surface area (Å²) in [5.74, 6) is 0.479. The lowest BCUT2D eigenvalue weighted by atomic mass is 10.1. The Bertz CT molecular complexity index is 588. The van der Waals surface area contributed by atoms with Gasteiger partial charge in [-0.3, -0.25) is 0 Å². The summed E-state index contributed by atoms with van der Waals surface area (Å²) >= 11 is 6.01. The molecule has 2 nitrogen and oxygen atoms in total. The molecule has 4 heteroatoms. The van der Waals surface area contributed by atoms with Gasteiger partial charge in [0.05, 0.1) is 18.3 Å². The van der Waals surface area contributed by atoms with Gasteiger partial charge in [-0.05, 0) is 38.1 Å². The minimum atomic E-state index is -0.229. The monoisotopic (exact) mass is 293 g/mol. The van der Waals surface area contributed by atoms with Crippen molar-refractivity contribution in [3.8, 4) is 5.75 Å². The molecule has 2 aromatic carbocycles. The minimum absolute atomic E-state index is 0.186. The first-order valence-corrected chi connectivity index (χ1v) is 6.93. The number of anilines is 1. The van der Waals surface area contributed by atoms with Crippen molar-refractivity contribution in [2.24, 2.45) is 0 Å². The second kappa shape index (κ2) is 6.62. The molecular weight excluding hydrogens is 277 g/mol. The van der Waals surface area contributed by atoms with Gasteiger partial charge in [0.25, 0.3) is 0 Å². The Morgan fingerprint density at radius 2 is 2.00 bits per heavy atom. The molecule has 2 aromatic rings. The van der Waals surface area contributed by atoms with Crippen molar-refractivity contribution in [2.45, 2.75) is 19.9 Å². The number of hydrogen-bond acceptors (Lipinski definition) is 2. The van der Waals surface area contributed by atoms with Crippen LogP contribution in [0.15, 0.2) is 42.5 Å². The quantitative estimate of drug-likeness (QED) is 0.833. The summed E-state index contributed by atoms with van der Waals surface area (Å²) in [6.45, 7) is 4.37. The second-order valence-electron chi connectivity index (χ2n) is 4.46. The van der Waals surface area contributed by atoms with Crippen LogP contribution >= 0.6 is 11.6 Å². The Kier molecular flexibility index (Phi) is 4.85. The van der Waals surface area contributed by atoms with Crippen molar-refractivity contribution in [3.63, 3.8) is 0 Å². The summed E-state index contributed by atoms with van der Waals surface area (Å²) in [5, 5.41) is 3.85. The van der Waals surface area contributed by atoms with Crippen LogP contribution in [0.2, 0.25) is 5.02 Å². The first-order chi connectivity index (χ1) is 9.61. The van der Waals surface area contributed by atoms with E-state index in [1.54, 1.807) is 24.3 Å². The zero-order chi connectivity index (χ0) is 14.5. The second-order valence-corrected chi connectivity index (χ2v) is 4.90. The molecule has 0 amide bonds. The zero-order valence-electron chi connectivity index (χ0n) is 11.5. The highest BCUT2D eigenvalue weighted by molar-refractivity contribution is 6.30. The molecule has 0 aliphatic heterocycles. The number of benzene rings is 2. The van der Waals surface area contributed by atoms with Crippen LogP contribution in [0.4, 0.5) is 10.1 Å². The number of hydrogen-bond donors (Lipinski definition) is 1. The Hall–Kier alpha value is -1.74. The van der Waals surface area contributed by atoms with Crippen LogP contribution in [0, 0.1) is 5.82 Å². The summed E-state index contributed by atoms with van der Waals surface area (Å²) in [4.78, 5) is 0. The van der Waals surface area contributed by atoms with Gasteiger partial charge in [-0.15, -0.1) is 0 Å². The van der Waals surface area contributed by atoms with Crippen molar-refractivity contribution in [1.82, 2.24) is 0 Å². The van der Waals surface area contributed by atoms with Gasteiger partial charge in [-0.1, -0.05) is 29.8 Å². The van der Waals surface area contributed by atoms with Crippen LogP contribution < -0.4 is 10.1 Å². The van der Waals surface area contributed by atoms with Crippen molar-refractivity contribution < 1.29 is 9.13 Å². The van der Waals surface area contributed by atoms with Crippen LogP contribution in [-0.4, -0.2) is 6.61 Å². The average molecular weight is 294 g/mol. The zero-order valence-corrected chi connectivity index (χ0v) is 12.2.